The molecule has 1 N–H and O–H groups in total. The Morgan fingerprint density at radius 1 is 1.18 bits per heavy atom. The van der Waals surface area contributed by atoms with Crippen LogP contribution in [0.3, 0.4) is 0 Å². The summed E-state index contributed by atoms with van der Waals surface area (Å²) < 4.78 is 5.35. The van der Waals surface area contributed by atoms with Crippen LogP contribution in [0.25, 0.3) is 0 Å². The molecule has 7 heteroatoms. The SMILES string of the molecule is COc1ccc(C)cc1NC(=O)[C@]12CCC(=O)N1c1ccccc1C(=O)N2C. The van der Waals surface area contributed by atoms with Gasteiger partial charge in [-0.2, -0.15) is 0 Å². The van der Waals surface area contributed by atoms with Gasteiger partial charge in [0.25, 0.3) is 11.8 Å². The van der Waals surface area contributed by atoms with Crippen LogP contribution >= 0.6 is 0 Å². The van der Waals surface area contributed by atoms with Crippen molar-refractivity contribution in [2.24, 2.45) is 0 Å². The summed E-state index contributed by atoms with van der Waals surface area (Å²) in [6, 6.07) is 12.3. The van der Waals surface area contributed by atoms with Gasteiger partial charge in [-0.3, -0.25) is 19.3 Å². The Morgan fingerprint density at radius 3 is 2.68 bits per heavy atom. The predicted molar refractivity (Wildman–Crippen MR) is 104 cm³/mol. The second kappa shape index (κ2) is 6.37. The van der Waals surface area contributed by atoms with E-state index in [9.17, 15) is 14.4 Å². The van der Waals surface area contributed by atoms with Crippen molar-refractivity contribution in [3.05, 3.63) is 53.6 Å². The number of hydrogen-bond acceptors (Lipinski definition) is 4. The first kappa shape index (κ1) is 18.0. The van der Waals surface area contributed by atoms with E-state index in [1.54, 1.807) is 43.4 Å². The minimum atomic E-state index is -1.41. The van der Waals surface area contributed by atoms with Crippen molar-refractivity contribution in [1.82, 2.24) is 4.90 Å². The molecule has 0 saturated carbocycles. The smallest absolute Gasteiger partial charge is 0.271 e. The number of anilines is 2. The molecule has 2 aromatic carbocycles. The number of hydrogen-bond donors (Lipinski definition) is 1. The number of benzene rings is 2. The van der Waals surface area contributed by atoms with Crippen molar-refractivity contribution >= 4 is 29.1 Å². The zero-order valence-electron chi connectivity index (χ0n) is 16.0. The maximum atomic E-state index is 13.5. The van der Waals surface area contributed by atoms with Gasteiger partial charge in [0, 0.05) is 19.9 Å². The van der Waals surface area contributed by atoms with Gasteiger partial charge >= 0.3 is 0 Å². The first-order valence-electron chi connectivity index (χ1n) is 9.06. The van der Waals surface area contributed by atoms with Crippen LogP contribution in [0.4, 0.5) is 11.4 Å². The zero-order chi connectivity index (χ0) is 20.1. The number of nitrogens with one attached hydrogen (secondary N) is 1. The summed E-state index contributed by atoms with van der Waals surface area (Å²) >= 11 is 0. The molecule has 0 aromatic heterocycles. The molecule has 1 atom stereocenters. The van der Waals surface area contributed by atoms with E-state index in [-0.39, 0.29) is 24.7 Å². The van der Waals surface area contributed by atoms with Gasteiger partial charge < -0.3 is 15.0 Å². The van der Waals surface area contributed by atoms with Crippen LogP contribution in [0.1, 0.15) is 28.8 Å². The van der Waals surface area contributed by atoms with E-state index in [2.05, 4.69) is 5.32 Å². The first-order valence-corrected chi connectivity index (χ1v) is 9.06. The lowest BCUT2D eigenvalue weighted by Crippen LogP contribution is -2.68. The van der Waals surface area contributed by atoms with Gasteiger partial charge in [0.05, 0.1) is 24.0 Å². The first-order chi connectivity index (χ1) is 13.4. The summed E-state index contributed by atoms with van der Waals surface area (Å²) in [5.41, 5.74) is 0.931. The van der Waals surface area contributed by atoms with Gasteiger partial charge in [-0.05, 0) is 36.8 Å². The molecule has 0 spiro atoms. The summed E-state index contributed by atoms with van der Waals surface area (Å²) in [4.78, 5) is 42.1. The monoisotopic (exact) mass is 379 g/mol. The number of methoxy groups -OCH3 is 1. The molecule has 2 aromatic rings. The molecule has 28 heavy (non-hydrogen) atoms. The lowest BCUT2D eigenvalue weighted by atomic mass is 9.96. The van der Waals surface area contributed by atoms with E-state index in [0.29, 0.717) is 22.7 Å². The minimum absolute atomic E-state index is 0.182. The molecule has 0 aliphatic carbocycles. The van der Waals surface area contributed by atoms with Gasteiger partial charge in [-0.15, -0.1) is 0 Å². The highest BCUT2D eigenvalue weighted by atomic mass is 16.5. The van der Waals surface area contributed by atoms with Crippen LogP contribution in [0.5, 0.6) is 5.75 Å². The van der Waals surface area contributed by atoms with Crippen molar-refractivity contribution in [2.45, 2.75) is 25.4 Å². The Balaban J connectivity index is 1.81. The van der Waals surface area contributed by atoms with E-state index in [1.807, 2.05) is 13.0 Å². The lowest BCUT2D eigenvalue weighted by Gasteiger charge is -2.47. The third kappa shape index (κ3) is 2.39. The number of para-hydroxylation sites is 1. The Bertz CT molecular complexity index is 1000. The molecular weight excluding hydrogens is 358 g/mol. The second-order valence-corrected chi connectivity index (χ2v) is 7.08. The van der Waals surface area contributed by atoms with Crippen molar-refractivity contribution in [3.8, 4) is 5.75 Å². The molecule has 1 saturated heterocycles. The highest BCUT2D eigenvalue weighted by molar-refractivity contribution is 6.18. The number of carbonyl (C=O) groups is 3. The second-order valence-electron chi connectivity index (χ2n) is 7.08. The Hall–Kier alpha value is -3.35. The molecule has 144 valence electrons. The number of nitrogens with zero attached hydrogens (tertiary/aromatic N) is 2. The number of likely N-dealkylation sites (N-methyl/N-ethyl adjacent to an activating group) is 1. The van der Waals surface area contributed by atoms with E-state index >= 15 is 0 Å². The lowest BCUT2D eigenvalue weighted by molar-refractivity contribution is -0.128. The number of amides is 3. The number of ether oxygens (including phenoxy) is 1. The maximum absolute atomic E-state index is 13.5. The number of fused-ring (bicyclic) bond motifs is 3. The summed E-state index contributed by atoms with van der Waals surface area (Å²) in [5.74, 6) is -0.393. The largest absolute Gasteiger partial charge is 0.495 e. The molecule has 4 rings (SSSR count). The zero-order valence-corrected chi connectivity index (χ0v) is 16.0. The molecule has 2 aliphatic heterocycles. The van der Waals surface area contributed by atoms with Gasteiger partial charge in [-0.1, -0.05) is 18.2 Å². The van der Waals surface area contributed by atoms with Crippen LogP contribution in [-0.2, 0) is 9.59 Å². The van der Waals surface area contributed by atoms with Crippen molar-refractivity contribution < 1.29 is 19.1 Å². The highest BCUT2D eigenvalue weighted by Gasteiger charge is 2.59. The molecule has 7 nitrogen and oxygen atoms in total. The molecule has 1 fully saturated rings. The third-order valence-corrected chi connectivity index (χ3v) is 5.51. The van der Waals surface area contributed by atoms with Crippen molar-refractivity contribution in [3.63, 3.8) is 0 Å². The maximum Gasteiger partial charge on any atom is 0.271 e. The van der Waals surface area contributed by atoms with Gasteiger partial charge in [0.2, 0.25) is 11.6 Å². The van der Waals surface area contributed by atoms with Crippen LogP contribution < -0.4 is 15.0 Å². The van der Waals surface area contributed by atoms with Crippen LogP contribution in [0, 0.1) is 6.92 Å². The van der Waals surface area contributed by atoms with Crippen molar-refractivity contribution in [2.75, 3.05) is 24.4 Å². The fourth-order valence-electron chi connectivity index (χ4n) is 4.07. The average molecular weight is 379 g/mol. The Kier molecular flexibility index (Phi) is 4.10. The molecule has 2 aliphatic rings. The number of rotatable bonds is 3. The Labute approximate surface area is 162 Å². The normalized spacial score (nSPS) is 20.7. The summed E-state index contributed by atoms with van der Waals surface area (Å²) in [6.45, 7) is 1.91. The third-order valence-electron chi connectivity index (χ3n) is 5.51. The average Bonchev–Trinajstić information content (AvgIpc) is 3.05. The topological polar surface area (TPSA) is 79.0 Å². The van der Waals surface area contributed by atoms with E-state index in [1.165, 1.54) is 16.9 Å². The van der Waals surface area contributed by atoms with Crippen LogP contribution in [0.2, 0.25) is 0 Å². The molecule has 0 bridgehead atoms. The predicted octanol–water partition coefficient (Wildman–Crippen LogP) is 2.55. The van der Waals surface area contributed by atoms with Crippen molar-refractivity contribution in [1.29, 1.82) is 0 Å². The molecular formula is C21H21N3O4. The molecule has 3 amide bonds. The molecule has 2 heterocycles. The summed E-state index contributed by atoms with van der Waals surface area (Å²) in [7, 11) is 3.09. The van der Waals surface area contributed by atoms with E-state index in [0.717, 1.165) is 5.56 Å². The van der Waals surface area contributed by atoms with Gasteiger partial charge in [-0.25, -0.2) is 0 Å². The standard InChI is InChI=1S/C21H21N3O4/c1-13-8-9-17(28-3)15(12-13)22-20(27)21-11-10-18(25)24(21)16-7-5-4-6-14(16)19(26)23(21)2/h4-9,12H,10-11H2,1-3H3,(H,22,27)/t21-/m0/s1. The van der Waals surface area contributed by atoms with E-state index < -0.39 is 11.6 Å². The van der Waals surface area contributed by atoms with Gasteiger partial charge in [0.15, 0.2) is 0 Å². The fraction of sp³-hybridized carbons (Fsp3) is 0.286. The summed E-state index contributed by atoms with van der Waals surface area (Å²) in [6.07, 6.45) is 0.409. The van der Waals surface area contributed by atoms with E-state index in [4.69, 9.17) is 4.74 Å². The van der Waals surface area contributed by atoms with Crippen LogP contribution in [0.15, 0.2) is 42.5 Å². The molecule has 0 radical (unpaired) electrons. The van der Waals surface area contributed by atoms with Crippen LogP contribution in [-0.4, -0.2) is 42.4 Å². The number of carbonyl (C=O) groups excluding carboxylic acids is 3. The quantitative estimate of drug-likeness (QED) is 0.889. The summed E-state index contributed by atoms with van der Waals surface area (Å²) in [5, 5.41) is 2.88. The molecule has 0 unspecified atom stereocenters. The van der Waals surface area contributed by atoms with Gasteiger partial charge in [0.1, 0.15) is 5.75 Å². The Morgan fingerprint density at radius 2 is 1.93 bits per heavy atom. The minimum Gasteiger partial charge on any atom is -0.495 e. The highest BCUT2D eigenvalue weighted by Crippen LogP contribution is 2.44. The fourth-order valence-corrected chi connectivity index (χ4v) is 4.07. The number of aryl methyl sites for hydroxylation is 1.